The Hall–Kier alpha value is -1.66. The second-order valence-electron chi connectivity index (χ2n) is 5.32. The number of hydrogen-bond donors (Lipinski definition) is 1. The smallest absolute Gasteiger partial charge is 0.236 e. The Morgan fingerprint density at radius 2 is 2.48 bits per heavy atom. The Morgan fingerprint density at radius 1 is 1.62 bits per heavy atom. The lowest BCUT2D eigenvalue weighted by Gasteiger charge is -2.33. The number of nitrogens with zero attached hydrogens (tertiary/aromatic N) is 2. The van der Waals surface area contributed by atoms with E-state index in [0.717, 1.165) is 36.0 Å². The molecule has 1 saturated heterocycles. The highest BCUT2D eigenvalue weighted by Gasteiger charge is 2.25. The quantitative estimate of drug-likeness (QED) is 0.943. The maximum Gasteiger partial charge on any atom is 0.236 e. The lowest BCUT2D eigenvalue weighted by molar-refractivity contribution is -0.133. The van der Waals surface area contributed by atoms with Gasteiger partial charge >= 0.3 is 0 Å². The van der Waals surface area contributed by atoms with Gasteiger partial charge in [-0.15, -0.1) is 11.3 Å². The van der Waals surface area contributed by atoms with Crippen molar-refractivity contribution in [3.8, 4) is 10.8 Å². The van der Waals surface area contributed by atoms with Crippen molar-refractivity contribution in [3.05, 3.63) is 29.0 Å². The number of carbonyl (C=O) groups is 1. The van der Waals surface area contributed by atoms with E-state index < -0.39 is 0 Å². The summed E-state index contributed by atoms with van der Waals surface area (Å²) in [7, 11) is 0. The van der Waals surface area contributed by atoms with Gasteiger partial charge in [0, 0.05) is 25.7 Å². The third kappa shape index (κ3) is 3.01. The monoisotopic (exact) mass is 305 g/mol. The molecule has 1 aliphatic heterocycles. The highest BCUT2D eigenvalue weighted by atomic mass is 32.1. The van der Waals surface area contributed by atoms with Crippen LogP contribution in [-0.2, 0) is 11.2 Å². The van der Waals surface area contributed by atoms with Crippen molar-refractivity contribution in [2.24, 2.45) is 0 Å². The molecular weight excluding hydrogens is 286 g/mol. The van der Waals surface area contributed by atoms with Gasteiger partial charge in [0.1, 0.15) is 5.76 Å². The van der Waals surface area contributed by atoms with Gasteiger partial charge in [-0.1, -0.05) is 6.07 Å². The van der Waals surface area contributed by atoms with Gasteiger partial charge in [0.25, 0.3) is 0 Å². The summed E-state index contributed by atoms with van der Waals surface area (Å²) in [4.78, 5) is 19.9. The Balaban J connectivity index is 1.74. The molecule has 2 aromatic rings. The van der Waals surface area contributed by atoms with Crippen LogP contribution in [0.1, 0.15) is 18.4 Å². The lowest BCUT2D eigenvalue weighted by atomic mass is 10.1. The molecule has 1 aliphatic rings. The van der Waals surface area contributed by atoms with E-state index in [-0.39, 0.29) is 11.9 Å². The minimum Gasteiger partial charge on any atom is -0.440 e. The van der Waals surface area contributed by atoms with E-state index in [4.69, 9.17) is 4.42 Å². The van der Waals surface area contributed by atoms with Crippen LogP contribution in [0, 0.1) is 6.92 Å². The van der Waals surface area contributed by atoms with Crippen LogP contribution in [0.5, 0.6) is 0 Å². The Morgan fingerprint density at radius 3 is 3.19 bits per heavy atom. The standard InChI is InChI=1S/C15H19N3O2S/c1-10-9-16-5-6-18(10)14(19)8-12-11(2)20-15(17-12)13-4-3-7-21-13/h3-4,7,10,16H,5-6,8-9H2,1-2H3/t10-/m1/s1. The first-order valence-electron chi connectivity index (χ1n) is 7.15. The zero-order valence-electron chi connectivity index (χ0n) is 12.3. The molecule has 0 aromatic carbocycles. The molecule has 0 saturated carbocycles. The Kier molecular flexibility index (Phi) is 4.07. The van der Waals surface area contributed by atoms with E-state index in [1.807, 2.05) is 29.3 Å². The number of carbonyl (C=O) groups excluding carboxylic acids is 1. The normalized spacial score (nSPS) is 19.0. The molecule has 0 aliphatic carbocycles. The van der Waals surface area contributed by atoms with Crippen molar-refractivity contribution in [2.45, 2.75) is 26.3 Å². The number of amides is 1. The number of aromatic nitrogens is 1. The summed E-state index contributed by atoms with van der Waals surface area (Å²) in [6.07, 6.45) is 0.311. The molecule has 1 N–H and O–H groups in total. The molecular formula is C15H19N3O2S. The van der Waals surface area contributed by atoms with Crippen LogP contribution in [0.2, 0.25) is 0 Å². The topological polar surface area (TPSA) is 58.4 Å². The molecule has 6 heteroatoms. The second-order valence-corrected chi connectivity index (χ2v) is 6.26. The summed E-state index contributed by atoms with van der Waals surface area (Å²) in [5, 5.41) is 5.28. The van der Waals surface area contributed by atoms with E-state index in [0.29, 0.717) is 12.3 Å². The van der Waals surface area contributed by atoms with E-state index in [2.05, 4.69) is 17.2 Å². The molecule has 0 spiro atoms. The molecule has 0 radical (unpaired) electrons. The fraction of sp³-hybridized carbons (Fsp3) is 0.467. The molecule has 0 bridgehead atoms. The van der Waals surface area contributed by atoms with E-state index in [1.165, 1.54) is 0 Å². The van der Waals surface area contributed by atoms with Crippen LogP contribution in [0.3, 0.4) is 0 Å². The van der Waals surface area contributed by atoms with Crippen molar-refractivity contribution in [3.63, 3.8) is 0 Å². The Labute approximate surface area is 128 Å². The summed E-state index contributed by atoms with van der Waals surface area (Å²) in [5.74, 6) is 1.46. The molecule has 3 heterocycles. The van der Waals surface area contributed by atoms with Gasteiger partial charge in [-0.3, -0.25) is 4.79 Å². The van der Waals surface area contributed by atoms with Crippen molar-refractivity contribution >= 4 is 17.2 Å². The van der Waals surface area contributed by atoms with Crippen molar-refractivity contribution in [1.82, 2.24) is 15.2 Å². The maximum atomic E-state index is 12.4. The molecule has 112 valence electrons. The van der Waals surface area contributed by atoms with Gasteiger partial charge in [-0.25, -0.2) is 4.98 Å². The predicted molar refractivity (Wildman–Crippen MR) is 82.3 cm³/mol. The van der Waals surface area contributed by atoms with Crippen LogP contribution >= 0.6 is 11.3 Å². The fourth-order valence-corrected chi connectivity index (χ4v) is 3.20. The SMILES string of the molecule is Cc1oc(-c2cccs2)nc1CC(=O)N1CCNC[C@H]1C. The van der Waals surface area contributed by atoms with Gasteiger partial charge in [0.15, 0.2) is 0 Å². The molecule has 2 aromatic heterocycles. The van der Waals surface area contributed by atoms with E-state index in [9.17, 15) is 4.79 Å². The molecule has 1 atom stereocenters. The molecule has 1 fully saturated rings. The predicted octanol–water partition coefficient (Wildman–Crippen LogP) is 2.07. The third-order valence-corrected chi connectivity index (χ3v) is 4.62. The minimum atomic E-state index is 0.123. The molecule has 0 unspecified atom stereocenters. The van der Waals surface area contributed by atoms with Gasteiger partial charge in [-0.2, -0.15) is 0 Å². The summed E-state index contributed by atoms with van der Waals surface area (Å²) in [6.45, 7) is 6.40. The average Bonchev–Trinajstić information content (AvgIpc) is 3.10. The zero-order valence-corrected chi connectivity index (χ0v) is 13.1. The highest BCUT2D eigenvalue weighted by Crippen LogP contribution is 2.26. The van der Waals surface area contributed by atoms with E-state index >= 15 is 0 Å². The largest absolute Gasteiger partial charge is 0.440 e. The first kappa shape index (κ1) is 14.3. The van der Waals surface area contributed by atoms with Crippen LogP contribution in [-0.4, -0.2) is 41.5 Å². The lowest BCUT2D eigenvalue weighted by Crippen LogP contribution is -2.52. The number of piperazine rings is 1. The number of hydrogen-bond acceptors (Lipinski definition) is 5. The van der Waals surface area contributed by atoms with Crippen molar-refractivity contribution in [1.29, 1.82) is 0 Å². The van der Waals surface area contributed by atoms with Crippen LogP contribution in [0.15, 0.2) is 21.9 Å². The van der Waals surface area contributed by atoms with Gasteiger partial charge in [0.05, 0.1) is 17.0 Å². The van der Waals surface area contributed by atoms with Crippen LogP contribution in [0.4, 0.5) is 0 Å². The molecule has 1 amide bonds. The second kappa shape index (κ2) is 5.99. The molecule has 3 rings (SSSR count). The number of thiophene rings is 1. The number of aryl methyl sites for hydroxylation is 1. The van der Waals surface area contributed by atoms with Crippen LogP contribution in [0.25, 0.3) is 10.8 Å². The van der Waals surface area contributed by atoms with Gasteiger partial charge in [-0.05, 0) is 25.3 Å². The minimum absolute atomic E-state index is 0.123. The van der Waals surface area contributed by atoms with Crippen LogP contribution < -0.4 is 5.32 Å². The number of oxazole rings is 1. The third-order valence-electron chi connectivity index (χ3n) is 3.76. The highest BCUT2D eigenvalue weighted by molar-refractivity contribution is 7.13. The average molecular weight is 305 g/mol. The molecule has 21 heavy (non-hydrogen) atoms. The number of rotatable bonds is 3. The van der Waals surface area contributed by atoms with Crippen molar-refractivity contribution < 1.29 is 9.21 Å². The molecule has 5 nitrogen and oxygen atoms in total. The summed E-state index contributed by atoms with van der Waals surface area (Å²) in [5.41, 5.74) is 0.745. The summed E-state index contributed by atoms with van der Waals surface area (Å²) < 4.78 is 5.69. The van der Waals surface area contributed by atoms with Gasteiger partial charge < -0.3 is 14.6 Å². The number of nitrogens with one attached hydrogen (secondary N) is 1. The zero-order chi connectivity index (χ0) is 14.8. The maximum absolute atomic E-state index is 12.4. The summed E-state index contributed by atoms with van der Waals surface area (Å²) in [6, 6.07) is 4.17. The first-order valence-corrected chi connectivity index (χ1v) is 8.03. The van der Waals surface area contributed by atoms with Crippen molar-refractivity contribution in [2.75, 3.05) is 19.6 Å². The summed E-state index contributed by atoms with van der Waals surface area (Å²) >= 11 is 1.59. The Bertz CT molecular complexity index is 621. The first-order chi connectivity index (χ1) is 10.1. The fourth-order valence-electron chi connectivity index (χ4n) is 2.55. The van der Waals surface area contributed by atoms with E-state index in [1.54, 1.807) is 11.3 Å². The van der Waals surface area contributed by atoms with Gasteiger partial charge in [0.2, 0.25) is 11.8 Å².